The Kier molecular flexibility index (Phi) is 7.18. The Morgan fingerprint density at radius 1 is 0.944 bits per heavy atom. The van der Waals surface area contributed by atoms with E-state index in [1.54, 1.807) is 60.7 Å². The molecule has 0 fully saturated rings. The molecule has 0 aromatic heterocycles. The van der Waals surface area contributed by atoms with Gasteiger partial charge in [-0.2, -0.15) is 4.31 Å². The van der Waals surface area contributed by atoms with Crippen molar-refractivity contribution in [2.45, 2.75) is 30.9 Å². The molecular weight excluding hydrogens is 482 g/mol. The molecule has 0 saturated heterocycles. The van der Waals surface area contributed by atoms with Gasteiger partial charge in [0.1, 0.15) is 6.10 Å². The molecule has 1 atom stereocenters. The van der Waals surface area contributed by atoms with Crippen molar-refractivity contribution >= 4 is 27.8 Å². The molecule has 10 heteroatoms. The number of nitrogens with one attached hydrogen (secondary N) is 2. The van der Waals surface area contributed by atoms with Gasteiger partial charge in [-0.3, -0.25) is 20.4 Å². The van der Waals surface area contributed by atoms with Gasteiger partial charge in [-0.1, -0.05) is 48.0 Å². The average molecular weight is 508 g/mol. The quantitative estimate of drug-likeness (QED) is 0.375. The molecule has 4 rings (SSSR count). The predicted molar refractivity (Wildman–Crippen MR) is 131 cm³/mol. The van der Waals surface area contributed by atoms with Crippen LogP contribution in [0.15, 0.2) is 77.7 Å². The number of rotatable bonds is 7. The summed E-state index contributed by atoms with van der Waals surface area (Å²) in [6.45, 7) is 2.00. The van der Waals surface area contributed by atoms with Gasteiger partial charge in [0.2, 0.25) is 15.9 Å². The number of hydrazine groups is 1. The molecule has 36 heavy (non-hydrogen) atoms. The summed E-state index contributed by atoms with van der Waals surface area (Å²) in [6, 6.07) is 19.8. The molecule has 186 valence electrons. The summed E-state index contributed by atoms with van der Waals surface area (Å²) in [4.78, 5) is 36.8. The molecule has 1 aliphatic heterocycles. The van der Waals surface area contributed by atoms with Gasteiger partial charge >= 0.3 is 5.97 Å². The minimum Gasteiger partial charge on any atom is -0.453 e. The van der Waals surface area contributed by atoms with Crippen LogP contribution in [0.3, 0.4) is 0 Å². The summed E-state index contributed by atoms with van der Waals surface area (Å²) >= 11 is 0. The van der Waals surface area contributed by atoms with Crippen molar-refractivity contribution in [3.8, 4) is 0 Å². The highest BCUT2D eigenvalue weighted by atomic mass is 32.2. The van der Waals surface area contributed by atoms with Crippen LogP contribution >= 0.6 is 0 Å². The second kappa shape index (κ2) is 10.3. The fourth-order valence-corrected chi connectivity index (χ4v) is 4.94. The number of fused-ring (bicyclic) bond motifs is 1. The zero-order valence-corrected chi connectivity index (χ0v) is 20.5. The van der Waals surface area contributed by atoms with Gasteiger partial charge in [0, 0.05) is 24.7 Å². The third-order valence-corrected chi connectivity index (χ3v) is 7.63. The molecule has 0 bridgehead atoms. The highest BCUT2D eigenvalue weighted by Crippen LogP contribution is 2.32. The van der Waals surface area contributed by atoms with Crippen LogP contribution in [-0.2, 0) is 26.1 Å². The van der Waals surface area contributed by atoms with E-state index in [4.69, 9.17) is 4.74 Å². The number of nitrogens with zero attached hydrogens (tertiary/aromatic N) is 1. The maximum atomic E-state index is 12.8. The second-order valence-electron chi connectivity index (χ2n) is 8.46. The van der Waals surface area contributed by atoms with Crippen LogP contribution in [0.5, 0.6) is 0 Å². The van der Waals surface area contributed by atoms with Crippen molar-refractivity contribution < 1.29 is 27.5 Å². The smallest absolute Gasteiger partial charge is 0.339 e. The van der Waals surface area contributed by atoms with E-state index in [9.17, 15) is 22.8 Å². The molecule has 2 amide bonds. The van der Waals surface area contributed by atoms with E-state index in [1.165, 1.54) is 23.5 Å². The number of ether oxygens (including phenoxy) is 1. The number of sulfonamides is 1. The molecule has 3 aromatic rings. The maximum Gasteiger partial charge on any atom is 0.339 e. The largest absolute Gasteiger partial charge is 0.453 e. The first-order valence-corrected chi connectivity index (χ1v) is 12.6. The van der Waals surface area contributed by atoms with Gasteiger partial charge < -0.3 is 4.74 Å². The van der Waals surface area contributed by atoms with Crippen LogP contribution in [-0.4, -0.2) is 37.6 Å². The van der Waals surface area contributed by atoms with Gasteiger partial charge in [0.15, 0.2) is 0 Å². The lowest BCUT2D eigenvalue weighted by atomic mass is 10.0. The van der Waals surface area contributed by atoms with Crippen molar-refractivity contribution in [3.05, 3.63) is 101 Å². The third-order valence-electron chi connectivity index (χ3n) is 5.81. The number of benzene rings is 3. The fraction of sp³-hybridized carbons (Fsp3) is 0.192. The van der Waals surface area contributed by atoms with Crippen molar-refractivity contribution in [1.82, 2.24) is 15.2 Å². The van der Waals surface area contributed by atoms with Gasteiger partial charge in [0.05, 0.1) is 16.9 Å². The number of hydrogen-bond acceptors (Lipinski definition) is 6. The van der Waals surface area contributed by atoms with Crippen molar-refractivity contribution in [2.75, 3.05) is 7.05 Å². The normalized spacial score (nSPS) is 14.8. The number of carbonyl (C=O) groups excluding carboxylic acids is 3. The van der Waals surface area contributed by atoms with Crippen LogP contribution in [0.4, 0.5) is 0 Å². The number of amides is 2. The topological polar surface area (TPSA) is 122 Å². The lowest BCUT2D eigenvalue weighted by Crippen LogP contribution is -2.42. The summed E-state index contributed by atoms with van der Waals surface area (Å²) in [5, 5.41) is 0. The summed E-state index contributed by atoms with van der Waals surface area (Å²) in [6.07, 6.45) is -0.845. The third kappa shape index (κ3) is 5.45. The minimum absolute atomic E-state index is 0.121. The molecule has 1 heterocycles. The molecule has 0 spiro atoms. The summed E-state index contributed by atoms with van der Waals surface area (Å²) < 4.78 is 32.0. The highest BCUT2D eigenvalue weighted by molar-refractivity contribution is 7.89. The number of esters is 1. The molecule has 3 aromatic carbocycles. The van der Waals surface area contributed by atoms with Gasteiger partial charge in [-0.05, 0) is 42.8 Å². The maximum absolute atomic E-state index is 12.8. The van der Waals surface area contributed by atoms with E-state index >= 15 is 0 Å². The first-order valence-electron chi connectivity index (χ1n) is 11.2. The van der Waals surface area contributed by atoms with Crippen molar-refractivity contribution in [2.24, 2.45) is 0 Å². The fourth-order valence-electron chi connectivity index (χ4n) is 3.78. The molecule has 2 N–H and O–H groups in total. The second-order valence-corrected chi connectivity index (χ2v) is 10.5. The van der Waals surface area contributed by atoms with Crippen LogP contribution in [0.1, 0.15) is 49.9 Å². The Morgan fingerprint density at radius 2 is 1.61 bits per heavy atom. The monoisotopic (exact) mass is 507 g/mol. The van der Waals surface area contributed by atoms with E-state index in [0.29, 0.717) is 16.7 Å². The van der Waals surface area contributed by atoms with Gasteiger partial charge in [-0.25, -0.2) is 13.2 Å². The van der Waals surface area contributed by atoms with Crippen LogP contribution < -0.4 is 10.9 Å². The zero-order valence-electron chi connectivity index (χ0n) is 19.7. The average Bonchev–Trinajstić information content (AvgIpc) is 3.18. The predicted octanol–water partition coefficient (Wildman–Crippen LogP) is 2.88. The number of hydrogen-bond donors (Lipinski definition) is 2. The van der Waals surface area contributed by atoms with Crippen LogP contribution in [0, 0.1) is 6.92 Å². The zero-order chi connectivity index (χ0) is 25.9. The first kappa shape index (κ1) is 25.1. The van der Waals surface area contributed by atoms with Crippen molar-refractivity contribution in [1.29, 1.82) is 0 Å². The van der Waals surface area contributed by atoms with E-state index in [0.717, 1.165) is 5.56 Å². The summed E-state index contributed by atoms with van der Waals surface area (Å²) in [5.74, 6) is -1.54. The van der Waals surface area contributed by atoms with E-state index < -0.39 is 33.9 Å². The Bertz CT molecular complexity index is 1400. The van der Waals surface area contributed by atoms with Crippen LogP contribution in [0.25, 0.3) is 0 Å². The molecule has 9 nitrogen and oxygen atoms in total. The van der Waals surface area contributed by atoms with Crippen molar-refractivity contribution in [3.63, 3.8) is 0 Å². The molecular formula is C26H25N3O6S. The number of cyclic esters (lactones) is 1. The Balaban J connectivity index is 1.30. The highest BCUT2D eigenvalue weighted by Gasteiger charge is 2.32. The SMILES string of the molecule is Cc1ccc(S(=O)(=O)N(C)Cc2ccc(C(=O)NNC(=O)C[C@@H]3OC(=O)c4ccccc43)cc2)cc1. The summed E-state index contributed by atoms with van der Waals surface area (Å²) in [5.41, 5.74) is 7.65. The summed E-state index contributed by atoms with van der Waals surface area (Å²) in [7, 11) is -2.16. The van der Waals surface area contributed by atoms with Gasteiger partial charge in [-0.15, -0.1) is 0 Å². The van der Waals surface area contributed by atoms with E-state index in [2.05, 4.69) is 10.9 Å². The molecule has 1 aliphatic rings. The van der Waals surface area contributed by atoms with E-state index in [-0.39, 0.29) is 23.4 Å². The lowest BCUT2D eigenvalue weighted by molar-refractivity contribution is -0.123. The molecule has 0 saturated carbocycles. The lowest BCUT2D eigenvalue weighted by Gasteiger charge is -2.17. The number of aryl methyl sites for hydroxylation is 1. The van der Waals surface area contributed by atoms with Crippen LogP contribution in [0.2, 0.25) is 0 Å². The Labute approximate surface area is 209 Å². The first-order chi connectivity index (χ1) is 17.1. The molecule has 0 unspecified atom stereocenters. The Morgan fingerprint density at radius 3 is 2.31 bits per heavy atom. The van der Waals surface area contributed by atoms with E-state index in [1.807, 2.05) is 6.92 Å². The Hall–Kier alpha value is -4.02. The minimum atomic E-state index is -3.66. The number of carbonyl (C=O) groups is 3. The standard InChI is InChI=1S/C26H25N3O6S/c1-17-7-13-20(14-8-17)36(33,34)29(2)16-18-9-11-19(12-10-18)25(31)28-27-24(30)15-23-21-5-3-4-6-22(21)26(32)35-23/h3-14,23H,15-16H2,1-2H3,(H,27,30)(H,28,31)/t23-/m0/s1. The van der Waals surface area contributed by atoms with Gasteiger partial charge in [0.25, 0.3) is 5.91 Å². The molecule has 0 aliphatic carbocycles. The molecule has 0 radical (unpaired) electrons.